The molecule has 0 unspecified atom stereocenters. The van der Waals surface area contributed by atoms with Crippen LogP contribution >= 0.6 is 0 Å². The number of nitrogens with zero attached hydrogens (tertiary/aromatic N) is 3. The average Bonchev–Trinajstić information content (AvgIpc) is 4.21. The van der Waals surface area contributed by atoms with Gasteiger partial charge in [-0.15, -0.1) is 0 Å². The van der Waals surface area contributed by atoms with Crippen LogP contribution in [0.15, 0.2) is 297 Å². The van der Waals surface area contributed by atoms with Crippen molar-refractivity contribution in [1.29, 1.82) is 0 Å². The van der Waals surface area contributed by atoms with Crippen molar-refractivity contribution in [1.82, 2.24) is 4.40 Å². The SMILES string of the molecule is c1ccc(-c2ccc(-c3ccccc3)c(N(c3ccccc3)c3ccc4cc5c6cccc7c8cc9ccc(N(c%10ccccc%10)c%10cc(-c%11ccccc%11)ccc%10-c%10ccccc%10)cc9cc8n(c5cc4c3)c67)c2)cc1. The van der Waals surface area contributed by atoms with E-state index < -0.39 is 0 Å². The molecule has 0 atom stereocenters. The van der Waals surface area contributed by atoms with Crippen molar-refractivity contribution in [2.24, 2.45) is 0 Å². The fourth-order valence-corrected chi connectivity index (χ4v) is 12.0. The average molecular weight is 980 g/mol. The third-order valence-corrected chi connectivity index (χ3v) is 15.6. The first kappa shape index (κ1) is 44.3. The molecule has 3 heteroatoms. The van der Waals surface area contributed by atoms with Crippen LogP contribution in [0.1, 0.15) is 0 Å². The number of para-hydroxylation sites is 3. The maximum atomic E-state index is 2.53. The van der Waals surface area contributed by atoms with Gasteiger partial charge in [-0.1, -0.05) is 212 Å². The van der Waals surface area contributed by atoms with Crippen LogP contribution in [0, 0.1) is 0 Å². The van der Waals surface area contributed by atoms with Crippen molar-refractivity contribution in [2.45, 2.75) is 0 Å². The number of anilines is 6. The molecule has 0 fully saturated rings. The molecule has 77 heavy (non-hydrogen) atoms. The zero-order valence-electron chi connectivity index (χ0n) is 42.1. The van der Waals surface area contributed by atoms with E-state index in [-0.39, 0.29) is 0 Å². The normalized spacial score (nSPS) is 11.6. The highest BCUT2D eigenvalue weighted by Crippen LogP contribution is 2.48. The van der Waals surface area contributed by atoms with Gasteiger partial charge >= 0.3 is 0 Å². The molecule has 0 N–H and O–H groups in total. The molecule has 2 aromatic heterocycles. The van der Waals surface area contributed by atoms with Gasteiger partial charge in [0.1, 0.15) is 0 Å². The quantitative estimate of drug-likeness (QED) is 0.135. The summed E-state index contributed by atoms with van der Waals surface area (Å²) in [5.74, 6) is 0. The topological polar surface area (TPSA) is 10.9 Å². The van der Waals surface area contributed by atoms with Gasteiger partial charge in [-0.2, -0.15) is 0 Å². The van der Waals surface area contributed by atoms with Crippen molar-refractivity contribution < 1.29 is 0 Å². The minimum Gasteiger partial charge on any atom is -0.310 e. The van der Waals surface area contributed by atoms with E-state index in [4.69, 9.17) is 0 Å². The Bertz CT molecular complexity index is 4360. The van der Waals surface area contributed by atoms with Gasteiger partial charge in [-0.05, 0) is 140 Å². The molecular weight excluding hydrogens is 931 g/mol. The van der Waals surface area contributed by atoms with E-state index in [2.05, 4.69) is 311 Å². The molecule has 0 aliphatic rings. The van der Waals surface area contributed by atoms with Gasteiger partial charge in [0.25, 0.3) is 0 Å². The zero-order valence-corrected chi connectivity index (χ0v) is 42.1. The molecule has 0 aliphatic carbocycles. The summed E-state index contributed by atoms with van der Waals surface area (Å²) in [6.07, 6.45) is 0. The van der Waals surface area contributed by atoms with Crippen LogP contribution in [0.5, 0.6) is 0 Å². The molecule has 0 saturated heterocycles. The first-order valence-corrected chi connectivity index (χ1v) is 26.5. The zero-order chi connectivity index (χ0) is 50.8. The lowest BCUT2D eigenvalue weighted by atomic mass is 9.96. The van der Waals surface area contributed by atoms with Crippen molar-refractivity contribution >= 4 is 93.8 Å². The summed E-state index contributed by atoms with van der Waals surface area (Å²) < 4.78 is 2.53. The van der Waals surface area contributed by atoms with E-state index in [9.17, 15) is 0 Å². The Kier molecular flexibility index (Phi) is 10.5. The van der Waals surface area contributed by atoms with Gasteiger partial charge in [-0.3, -0.25) is 0 Å². The summed E-state index contributed by atoms with van der Waals surface area (Å²) in [5.41, 5.74) is 19.7. The molecule has 360 valence electrons. The van der Waals surface area contributed by atoms with E-state index in [1.54, 1.807) is 0 Å². The first-order valence-electron chi connectivity index (χ1n) is 26.5. The third-order valence-electron chi connectivity index (χ3n) is 15.6. The van der Waals surface area contributed by atoms with E-state index >= 15 is 0 Å². The largest absolute Gasteiger partial charge is 0.310 e. The molecule has 0 aliphatic heterocycles. The third kappa shape index (κ3) is 7.59. The lowest BCUT2D eigenvalue weighted by Gasteiger charge is -2.29. The molecular formula is C74H49N3. The molecule has 0 radical (unpaired) electrons. The van der Waals surface area contributed by atoms with E-state index in [0.29, 0.717) is 0 Å². The Morgan fingerprint density at radius 2 is 0.597 bits per heavy atom. The van der Waals surface area contributed by atoms with Crippen molar-refractivity contribution in [3.63, 3.8) is 0 Å². The van der Waals surface area contributed by atoms with Crippen LogP contribution in [-0.2, 0) is 0 Å². The van der Waals surface area contributed by atoms with Gasteiger partial charge in [-0.25, -0.2) is 0 Å². The first-order chi connectivity index (χ1) is 38.2. The van der Waals surface area contributed by atoms with Crippen LogP contribution in [-0.4, -0.2) is 4.40 Å². The molecule has 15 aromatic rings. The summed E-state index contributed by atoms with van der Waals surface area (Å²) in [4.78, 5) is 4.87. The highest BCUT2D eigenvalue weighted by atomic mass is 15.2. The number of fused-ring (bicyclic) bond motifs is 8. The number of hydrogen-bond acceptors (Lipinski definition) is 2. The van der Waals surface area contributed by atoms with Crippen LogP contribution in [0.2, 0.25) is 0 Å². The predicted molar refractivity (Wildman–Crippen MR) is 327 cm³/mol. The van der Waals surface area contributed by atoms with Gasteiger partial charge < -0.3 is 14.2 Å². The molecule has 3 nitrogen and oxygen atoms in total. The molecule has 2 heterocycles. The van der Waals surface area contributed by atoms with E-state index in [1.165, 1.54) is 104 Å². The minimum atomic E-state index is 1.09. The smallest absolute Gasteiger partial charge is 0.0620 e. The van der Waals surface area contributed by atoms with Crippen LogP contribution in [0.25, 0.3) is 104 Å². The Hall–Kier alpha value is -10.2. The molecule has 0 spiro atoms. The summed E-state index contributed by atoms with van der Waals surface area (Å²) in [6.45, 7) is 0. The maximum Gasteiger partial charge on any atom is 0.0620 e. The van der Waals surface area contributed by atoms with Crippen molar-refractivity contribution in [3.8, 4) is 44.5 Å². The van der Waals surface area contributed by atoms with Crippen LogP contribution < -0.4 is 9.80 Å². The second-order valence-corrected chi connectivity index (χ2v) is 20.1. The summed E-state index contributed by atoms with van der Waals surface area (Å²) >= 11 is 0. The maximum absolute atomic E-state index is 2.53. The lowest BCUT2D eigenvalue weighted by molar-refractivity contribution is 1.29. The number of hydrogen-bond donors (Lipinski definition) is 0. The fraction of sp³-hybridized carbons (Fsp3) is 0. The summed E-state index contributed by atoms with van der Waals surface area (Å²) in [5, 5.41) is 9.81. The van der Waals surface area contributed by atoms with Gasteiger partial charge in [0.2, 0.25) is 0 Å². The molecule has 13 aromatic carbocycles. The Labute approximate surface area is 447 Å². The number of aromatic nitrogens is 1. The minimum absolute atomic E-state index is 1.09. The predicted octanol–water partition coefficient (Wildman–Crippen LogP) is 20.8. The molecule has 0 bridgehead atoms. The van der Waals surface area contributed by atoms with Crippen LogP contribution in [0.3, 0.4) is 0 Å². The molecule has 0 saturated carbocycles. The summed E-state index contributed by atoms with van der Waals surface area (Å²) in [7, 11) is 0. The monoisotopic (exact) mass is 979 g/mol. The Balaban J connectivity index is 0.923. The summed E-state index contributed by atoms with van der Waals surface area (Å²) in [6, 6.07) is 109. The van der Waals surface area contributed by atoms with Crippen LogP contribution in [0.4, 0.5) is 34.1 Å². The van der Waals surface area contributed by atoms with E-state index in [0.717, 1.165) is 34.1 Å². The number of rotatable bonds is 10. The fourth-order valence-electron chi connectivity index (χ4n) is 12.0. The van der Waals surface area contributed by atoms with E-state index in [1.807, 2.05) is 0 Å². The van der Waals surface area contributed by atoms with Crippen molar-refractivity contribution in [2.75, 3.05) is 9.80 Å². The highest BCUT2D eigenvalue weighted by molar-refractivity contribution is 6.26. The Morgan fingerprint density at radius 1 is 0.221 bits per heavy atom. The highest BCUT2D eigenvalue weighted by Gasteiger charge is 2.23. The van der Waals surface area contributed by atoms with Crippen molar-refractivity contribution in [3.05, 3.63) is 297 Å². The lowest BCUT2D eigenvalue weighted by Crippen LogP contribution is -2.11. The standard InChI is InChI=1S/C74H49N3/c1-7-20-50(21-8-1)56-36-40-64(52-24-11-3-12-25-52)70(46-56)75(60-28-15-5-16-29-60)62-38-34-54-44-68-66-32-19-33-67-69-45-55-35-39-63(43-59(55)49-73(69)77(74(66)67)72(68)48-58(54)42-62)76(61-30-17-6-18-31-61)71-47-57(51-22-9-2-10-23-51)37-41-65(71)53-26-13-4-14-27-53/h1-49H. The molecule has 15 rings (SSSR count). The van der Waals surface area contributed by atoms with Gasteiger partial charge in [0, 0.05) is 55.4 Å². The van der Waals surface area contributed by atoms with Gasteiger partial charge in [0.05, 0.1) is 27.9 Å². The second-order valence-electron chi connectivity index (χ2n) is 20.1. The molecule has 0 amide bonds. The second kappa shape index (κ2) is 18.3. The van der Waals surface area contributed by atoms with Gasteiger partial charge in [0.15, 0.2) is 0 Å². The number of benzene rings is 13. The Morgan fingerprint density at radius 3 is 1.00 bits per heavy atom.